The van der Waals surface area contributed by atoms with E-state index in [4.69, 9.17) is 0 Å². The minimum absolute atomic E-state index is 0.0282. The molecule has 0 fully saturated rings. The molecule has 0 aliphatic heterocycles. The van der Waals surface area contributed by atoms with Crippen LogP contribution in [0, 0.1) is 6.92 Å². The maximum atomic E-state index is 11.4. The molecule has 0 spiro atoms. The molecule has 0 aliphatic carbocycles. The summed E-state index contributed by atoms with van der Waals surface area (Å²) < 4.78 is 2.71. The number of nitrogens with zero attached hydrogens (tertiary/aromatic N) is 1. The number of aromatic nitrogens is 1. The number of rotatable bonds is 1. The lowest BCUT2D eigenvalue weighted by Crippen LogP contribution is -2.10. The predicted molar refractivity (Wildman–Crippen MR) is 62.4 cm³/mol. The molecule has 0 saturated heterocycles. The van der Waals surface area contributed by atoms with Crippen molar-refractivity contribution in [1.29, 1.82) is 0 Å². The number of hydrogen-bond donors (Lipinski definition) is 0. The molecule has 0 amide bonds. The lowest BCUT2D eigenvalue weighted by molar-refractivity contribution is 1.11. The topological polar surface area (TPSA) is 22.0 Å². The Hall–Kier alpha value is -0.870. The Morgan fingerprint density at radius 3 is 2.71 bits per heavy atom. The zero-order chi connectivity index (χ0) is 10.1. The van der Waals surface area contributed by atoms with Crippen molar-refractivity contribution in [3.8, 4) is 5.69 Å². The van der Waals surface area contributed by atoms with Gasteiger partial charge in [0, 0.05) is 15.9 Å². The van der Waals surface area contributed by atoms with E-state index in [0.29, 0.717) is 0 Å². The van der Waals surface area contributed by atoms with E-state index in [0.717, 1.165) is 15.7 Å². The number of halogens is 1. The lowest BCUT2D eigenvalue weighted by Gasteiger charge is -2.04. The zero-order valence-corrected chi connectivity index (χ0v) is 9.93. The highest BCUT2D eigenvalue weighted by Crippen LogP contribution is 2.19. The van der Waals surface area contributed by atoms with Crippen LogP contribution >= 0.6 is 27.5 Å². The summed E-state index contributed by atoms with van der Waals surface area (Å²) in [7, 11) is 0. The van der Waals surface area contributed by atoms with Gasteiger partial charge in [-0.3, -0.25) is 4.79 Å². The minimum Gasteiger partial charge on any atom is -0.268 e. The van der Waals surface area contributed by atoms with E-state index in [9.17, 15) is 4.79 Å². The van der Waals surface area contributed by atoms with Gasteiger partial charge in [-0.15, -0.1) is 0 Å². The molecule has 0 unspecified atom stereocenters. The molecule has 0 atom stereocenters. The maximum Gasteiger partial charge on any atom is 0.265 e. The SMILES string of the molecule is Cc1cc(Br)ccc1-n1sccc1=O. The van der Waals surface area contributed by atoms with Gasteiger partial charge in [0.2, 0.25) is 0 Å². The van der Waals surface area contributed by atoms with Crippen LogP contribution in [0.1, 0.15) is 5.56 Å². The Kier molecular flexibility index (Phi) is 2.56. The fraction of sp³-hybridized carbons (Fsp3) is 0.100. The van der Waals surface area contributed by atoms with Gasteiger partial charge in [-0.2, -0.15) is 0 Å². The first kappa shape index (κ1) is 9.68. The Morgan fingerprint density at radius 1 is 1.36 bits per heavy atom. The minimum atomic E-state index is 0.0282. The van der Waals surface area contributed by atoms with Crippen molar-refractivity contribution in [3.63, 3.8) is 0 Å². The molecule has 0 aliphatic rings. The van der Waals surface area contributed by atoms with Crippen molar-refractivity contribution >= 4 is 27.5 Å². The van der Waals surface area contributed by atoms with Crippen LogP contribution < -0.4 is 5.56 Å². The van der Waals surface area contributed by atoms with Crippen LogP contribution in [0.5, 0.6) is 0 Å². The number of benzene rings is 1. The molecular weight excluding hydrogens is 262 g/mol. The molecule has 1 heterocycles. The van der Waals surface area contributed by atoms with Crippen molar-refractivity contribution in [2.75, 3.05) is 0 Å². The summed E-state index contributed by atoms with van der Waals surface area (Å²) in [6.45, 7) is 1.99. The van der Waals surface area contributed by atoms with Gasteiger partial charge in [-0.05, 0) is 30.7 Å². The third-order valence-electron chi connectivity index (χ3n) is 1.95. The highest BCUT2D eigenvalue weighted by Gasteiger charge is 2.03. The van der Waals surface area contributed by atoms with Gasteiger partial charge < -0.3 is 0 Å². The second kappa shape index (κ2) is 3.71. The molecule has 72 valence electrons. The summed E-state index contributed by atoms with van der Waals surface area (Å²) >= 11 is 4.81. The molecule has 1 aromatic heterocycles. The number of hydrogen-bond acceptors (Lipinski definition) is 2. The van der Waals surface area contributed by atoms with E-state index in [1.165, 1.54) is 11.5 Å². The smallest absolute Gasteiger partial charge is 0.265 e. The van der Waals surface area contributed by atoms with E-state index in [2.05, 4.69) is 15.9 Å². The van der Waals surface area contributed by atoms with Crippen LogP contribution in [0.4, 0.5) is 0 Å². The molecule has 0 N–H and O–H groups in total. The molecule has 0 radical (unpaired) electrons. The summed E-state index contributed by atoms with van der Waals surface area (Å²) in [5, 5.41) is 1.80. The fourth-order valence-electron chi connectivity index (χ4n) is 1.29. The zero-order valence-electron chi connectivity index (χ0n) is 7.53. The second-order valence-electron chi connectivity index (χ2n) is 2.97. The van der Waals surface area contributed by atoms with Gasteiger partial charge in [0.05, 0.1) is 5.69 Å². The molecule has 0 bridgehead atoms. The van der Waals surface area contributed by atoms with Gasteiger partial charge in [0.15, 0.2) is 0 Å². The average molecular weight is 270 g/mol. The van der Waals surface area contributed by atoms with Crippen LogP contribution in [-0.2, 0) is 0 Å². The third-order valence-corrected chi connectivity index (χ3v) is 3.29. The second-order valence-corrected chi connectivity index (χ2v) is 4.74. The molecule has 2 rings (SSSR count). The number of aryl methyl sites for hydroxylation is 1. The van der Waals surface area contributed by atoms with Gasteiger partial charge in [-0.1, -0.05) is 27.5 Å². The monoisotopic (exact) mass is 269 g/mol. The van der Waals surface area contributed by atoms with Crippen LogP contribution in [0.2, 0.25) is 0 Å². The highest BCUT2D eigenvalue weighted by molar-refractivity contribution is 9.10. The first-order chi connectivity index (χ1) is 6.68. The Labute approximate surface area is 94.1 Å². The Morgan fingerprint density at radius 2 is 2.14 bits per heavy atom. The van der Waals surface area contributed by atoms with E-state index in [-0.39, 0.29) is 5.56 Å². The Bertz CT molecular complexity index is 515. The van der Waals surface area contributed by atoms with Gasteiger partial charge in [0.25, 0.3) is 5.56 Å². The van der Waals surface area contributed by atoms with E-state index in [1.54, 1.807) is 15.4 Å². The highest BCUT2D eigenvalue weighted by atomic mass is 79.9. The molecule has 2 nitrogen and oxygen atoms in total. The van der Waals surface area contributed by atoms with E-state index in [1.807, 2.05) is 25.1 Å². The summed E-state index contributed by atoms with van der Waals surface area (Å²) in [6, 6.07) is 7.46. The van der Waals surface area contributed by atoms with Gasteiger partial charge >= 0.3 is 0 Å². The van der Waals surface area contributed by atoms with Crippen LogP contribution in [-0.4, -0.2) is 3.96 Å². The van der Waals surface area contributed by atoms with Gasteiger partial charge in [0.1, 0.15) is 0 Å². The molecule has 4 heteroatoms. The summed E-state index contributed by atoms with van der Waals surface area (Å²) in [5.74, 6) is 0. The molecule has 0 saturated carbocycles. The van der Waals surface area contributed by atoms with Crippen molar-refractivity contribution in [2.24, 2.45) is 0 Å². The van der Waals surface area contributed by atoms with Crippen molar-refractivity contribution in [2.45, 2.75) is 6.92 Å². The molecule has 14 heavy (non-hydrogen) atoms. The van der Waals surface area contributed by atoms with Crippen molar-refractivity contribution in [3.05, 3.63) is 50.0 Å². The van der Waals surface area contributed by atoms with Crippen LogP contribution in [0.3, 0.4) is 0 Å². The predicted octanol–water partition coefficient (Wildman–Crippen LogP) is 2.97. The lowest BCUT2D eigenvalue weighted by atomic mass is 10.2. The van der Waals surface area contributed by atoms with Crippen LogP contribution in [0.25, 0.3) is 5.69 Å². The molecule has 2 aromatic rings. The van der Waals surface area contributed by atoms with Crippen molar-refractivity contribution in [1.82, 2.24) is 3.96 Å². The van der Waals surface area contributed by atoms with Crippen LogP contribution in [0.15, 0.2) is 38.9 Å². The van der Waals surface area contributed by atoms with E-state index < -0.39 is 0 Å². The molecular formula is C10H8BrNOS. The maximum absolute atomic E-state index is 11.4. The summed E-state index contributed by atoms with van der Waals surface area (Å²) in [6.07, 6.45) is 0. The van der Waals surface area contributed by atoms with Gasteiger partial charge in [-0.25, -0.2) is 3.96 Å². The third kappa shape index (κ3) is 1.67. The first-order valence-corrected chi connectivity index (χ1v) is 5.75. The Balaban J connectivity index is 2.63. The summed E-state index contributed by atoms with van der Waals surface area (Å²) in [4.78, 5) is 11.4. The van der Waals surface area contributed by atoms with Crippen molar-refractivity contribution < 1.29 is 0 Å². The standard InChI is InChI=1S/C10H8BrNOS/c1-7-6-8(11)2-3-9(7)12-10(13)4-5-14-12/h2-6H,1H3. The molecule has 1 aromatic carbocycles. The summed E-state index contributed by atoms with van der Waals surface area (Å²) in [5.41, 5.74) is 2.07. The first-order valence-electron chi connectivity index (χ1n) is 4.12. The average Bonchev–Trinajstić information content (AvgIpc) is 2.52. The quantitative estimate of drug-likeness (QED) is 0.780. The fourth-order valence-corrected chi connectivity index (χ4v) is 2.55. The van der Waals surface area contributed by atoms with E-state index >= 15 is 0 Å². The normalized spacial score (nSPS) is 10.4. The largest absolute Gasteiger partial charge is 0.268 e.